The normalized spacial score (nSPS) is 36.4. The van der Waals surface area contributed by atoms with Gasteiger partial charge in [0.25, 0.3) is 0 Å². The van der Waals surface area contributed by atoms with E-state index >= 15 is 0 Å². The molecule has 3 saturated heterocycles. The zero-order valence-corrected chi connectivity index (χ0v) is 17.5. The number of rotatable bonds is 4. The number of benzene rings is 1. The average Bonchev–Trinajstić information content (AvgIpc) is 3.17. The van der Waals surface area contributed by atoms with Crippen molar-refractivity contribution < 1.29 is 9.59 Å². The smallest absolute Gasteiger partial charge is 0.242 e. The van der Waals surface area contributed by atoms with Crippen molar-refractivity contribution in [1.29, 1.82) is 0 Å². The maximum atomic E-state index is 13.5. The summed E-state index contributed by atoms with van der Waals surface area (Å²) in [6.45, 7) is 3.41. The van der Waals surface area contributed by atoms with Crippen molar-refractivity contribution in [3.8, 4) is 0 Å². The fraction of sp³-hybridized carbons (Fsp3) is 0.667. The predicted octanol–water partition coefficient (Wildman–Crippen LogP) is 2.74. The number of likely N-dealkylation sites (tertiary alicyclic amines) is 2. The fourth-order valence-corrected chi connectivity index (χ4v) is 6.61. The lowest BCUT2D eigenvalue weighted by Gasteiger charge is -2.43. The van der Waals surface area contributed by atoms with Crippen molar-refractivity contribution in [2.45, 2.75) is 82.5 Å². The van der Waals surface area contributed by atoms with Gasteiger partial charge in [0.15, 0.2) is 0 Å². The number of amides is 2. The predicted molar refractivity (Wildman–Crippen MR) is 112 cm³/mol. The minimum atomic E-state index is 0.143. The molecule has 3 aliphatic heterocycles. The standard InChI is InChI=1S/C24H33N3O2/c1-24-15-19-18(14-17-8-3-2-4-9-17)25-20(24)10-5-6-11-21(24)27(19)23(29)16-26-13-7-12-22(26)28/h2-4,8-9,18-21,25H,5-7,10-16H2,1H3/t18-,19-,20+,21-,24+/m0/s1. The highest BCUT2D eigenvalue weighted by molar-refractivity contribution is 5.86. The lowest BCUT2D eigenvalue weighted by molar-refractivity contribution is -0.141. The Labute approximate surface area is 173 Å². The molecule has 5 atom stereocenters. The molecule has 1 aliphatic carbocycles. The van der Waals surface area contributed by atoms with Crippen molar-refractivity contribution >= 4 is 11.8 Å². The first kappa shape index (κ1) is 19.1. The minimum Gasteiger partial charge on any atom is -0.333 e. The first-order valence-corrected chi connectivity index (χ1v) is 11.5. The van der Waals surface area contributed by atoms with Crippen molar-refractivity contribution in [2.75, 3.05) is 13.1 Å². The van der Waals surface area contributed by atoms with Crippen LogP contribution in [0.1, 0.15) is 57.4 Å². The van der Waals surface area contributed by atoms with E-state index in [4.69, 9.17) is 0 Å². The maximum Gasteiger partial charge on any atom is 0.242 e. The second-order valence-electron chi connectivity index (χ2n) is 9.81. The molecule has 1 N–H and O–H groups in total. The van der Waals surface area contributed by atoms with Crippen LogP contribution in [0.4, 0.5) is 0 Å². The van der Waals surface area contributed by atoms with Crippen molar-refractivity contribution in [3.63, 3.8) is 0 Å². The van der Waals surface area contributed by atoms with Gasteiger partial charge in [-0.05, 0) is 37.7 Å². The largest absolute Gasteiger partial charge is 0.333 e. The van der Waals surface area contributed by atoms with Crippen molar-refractivity contribution in [2.24, 2.45) is 5.41 Å². The van der Waals surface area contributed by atoms with E-state index < -0.39 is 0 Å². The van der Waals surface area contributed by atoms with E-state index in [2.05, 4.69) is 47.5 Å². The zero-order valence-electron chi connectivity index (χ0n) is 17.5. The molecule has 1 aromatic carbocycles. The summed E-state index contributed by atoms with van der Waals surface area (Å²) >= 11 is 0. The Morgan fingerprint density at radius 3 is 2.72 bits per heavy atom. The number of nitrogens with zero attached hydrogens (tertiary/aromatic N) is 2. The summed E-state index contributed by atoms with van der Waals surface area (Å²) in [7, 11) is 0. The molecule has 2 amide bonds. The Bertz CT molecular complexity index is 782. The number of hydrogen-bond donors (Lipinski definition) is 1. The summed E-state index contributed by atoms with van der Waals surface area (Å²) < 4.78 is 0. The Hall–Kier alpha value is -1.88. The molecule has 0 aromatic heterocycles. The van der Waals surface area contributed by atoms with Gasteiger partial charge in [-0.1, -0.05) is 50.1 Å². The second-order valence-corrected chi connectivity index (χ2v) is 9.81. The fourth-order valence-electron chi connectivity index (χ4n) is 6.61. The van der Waals surface area contributed by atoms with Crippen LogP contribution in [0.25, 0.3) is 0 Å². The Morgan fingerprint density at radius 1 is 1.17 bits per heavy atom. The third-order valence-electron chi connectivity index (χ3n) is 8.08. The van der Waals surface area contributed by atoms with Gasteiger partial charge in [-0.2, -0.15) is 0 Å². The molecule has 0 spiro atoms. The van der Waals surface area contributed by atoms with E-state index in [-0.39, 0.29) is 35.9 Å². The lowest BCUT2D eigenvalue weighted by Crippen LogP contribution is -2.58. The summed E-state index contributed by atoms with van der Waals surface area (Å²) in [5, 5.41) is 3.99. The summed E-state index contributed by atoms with van der Waals surface area (Å²) in [5.74, 6) is 0.311. The topological polar surface area (TPSA) is 52.7 Å². The summed E-state index contributed by atoms with van der Waals surface area (Å²) in [6.07, 6.45) is 8.26. The molecule has 5 nitrogen and oxygen atoms in total. The van der Waals surface area contributed by atoms with Gasteiger partial charge in [0.05, 0.1) is 6.54 Å². The van der Waals surface area contributed by atoms with Crippen LogP contribution in [-0.4, -0.2) is 58.9 Å². The van der Waals surface area contributed by atoms with E-state index in [1.165, 1.54) is 24.8 Å². The number of hydrogen-bond acceptors (Lipinski definition) is 3. The van der Waals surface area contributed by atoms with Gasteiger partial charge in [0, 0.05) is 42.5 Å². The van der Waals surface area contributed by atoms with Crippen molar-refractivity contribution in [3.05, 3.63) is 35.9 Å². The van der Waals surface area contributed by atoms with Crippen LogP contribution < -0.4 is 5.32 Å². The highest BCUT2D eigenvalue weighted by Gasteiger charge is 2.60. The number of piperidine rings is 1. The lowest BCUT2D eigenvalue weighted by atomic mass is 9.70. The number of carbonyl (C=O) groups excluding carboxylic acids is 2. The van der Waals surface area contributed by atoms with E-state index in [0.717, 1.165) is 32.2 Å². The molecular formula is C24H33N3O2. The van der Waals surface area contributed by atoms with Crippen LogP contribution in [0.2, 0.25) is 0 Å². The molecular weight excluding hydrogens is 362 g/mol. The van der Waals surface area contributed by atoms with E-state index in [9.17, 15) is 9.59 Å². The first-order valence-electron chi connectivity index (χ1n) is 11.5. The minimum absolute atomic E-state index is 0.143. The van der Waals surface area contributed by atoms with E-state index in [1.807, 2.05) is 0 Å². The van der Waals surface area contributed by atoms with Crippen LogP contribution in [0.3, 0.4) is 0 Å². The second kappa shape index (κ2) is 7.42. The van der Waals surface area contributed by atoms with Crippen LogP contribution in [-0.2, 0) is 16.0 Å². The molecule has 4 fully saturated rings. The summed E-state index contributed by atoms with van der Waals surface area (Å²) in [4.78, 5) is 29.7. The Kier molecular flexibility index (Phi) is 4.89. The summed E-state index contributed by atoms with van der Waals surface area (Å²) in [6, 6.07) is 11.9. The van der Waals surface area contributed by atoms with Gasteiger partial charge >= 0.3 is 0 Å². The van der Waals surface area contributed by atoms with Gasteiger partial charge in [-0.3, -0.25) is 9.59 Å². The third-order valence-corrected chi connectivity index (χ3v) is 8.08. The molecule has 1 aromatic rings. The molecule has 4 aliphatic rings. The van der Waals surface area contributed by atoms with E-state index in [0.29, 0.717) is 18.5 Å². The Balaban J connectivity index is 1.43. The van der Waals surface area contributed by atoms with Crippen LogP contribution in [0, 0.1) is 5.41 Å². The van der Waals surface area contributed by atoms with Gasteiger partial charge < -0.3 is 15.1 Å². The van der Waals surface area contributed by atoms with Gasteiger partial charge in [0.2, 0.25) is 11.8 Å². The molecule has 5 rings (SSSR count). The van der Waals surface area contributed by atoms with Gasteiger partial charge in [-0.15, -0.1) is 0 Å². The highest BCUT2D eigenvalue weighted by atomic mass is 16.2. The quantitative estimate of drug-likeness (QED) is 0.853. The third kappa shape index (κ3) is 3.27. The molecule has 3 heterocycles. The number of fused-ring (bicyclic) bond motifs is 1. The van der Waals surface area contributed by atoms with Crippen molar-refractivity contribution in [1.82, 2.24) is 15.1 Å². The molecule has 5 heteroatoms. The Morgan fingerprint density at radius 2 is 1.97 bits per heavy atom. The number of carbonyl (C=O) groups is 2. The first-order chi connectivity index (χ1) is 14.1. The molecule has 0 unspecified atom stereocenters. The van der Waals surface area contributed by atoms with Crippen LogP contribution in [0.15, 0.2) is 30.3 Å². The average molecular weight is 396 g/mol. The van der Waals surface area contributed by atoms with Crippen LogP contribution >= 0.6 is 0 Å². The van der Waals surface area contributed by atoms with E-state index in [1.54, 1.807) is 4.90 Å². The maximum absolute atomic E-state index is 13.5. The molecule has 0 radical (unpaired) electrons. The molecule has 1 saturated carbocycles. The monoisotopic (exact) mass is 395 g/mol. The number of nitrogens with one attached hydrogen (secondary N) is 1. The highest BCUT2D eigenvalue weighted by Crippen LogP contribution is 2.52. The summed E-state index contributed by atoms with van der Waals surface area (Å²) in [5.41, 5.74) is 1.48. The van der Waals surface area contributed by atoms with Crippen LogP contribution in [0.5, 0.6) is 0 Å². The van der Waals surface area contributed by atoms with Gasteiger partial charge in [-0.25, -0.2) is 0 Å². The SMILES string of the molecule is C[C@@]12C[C@H]3[C@H](Cc4ccccc4)N[C@@H]1CCCC[C@@H]2N3C(=O)CN1CCCC1=O. The molecule has 2 bridgehead atoms. The van der Waals surface area contributed by atoms with Gasteiger partial charge in [0.1, 0.15) is 0 Å². The zero-order chi connectivity index (χ0) is 20.0. The molecule has 29 heavy (non-hydrogen) atoms. The molecule has 156 valence electrons.